The van der Waals surface area contributed by atoms with E-state index < -0.39 is 50.2 Å². The maximum atomic E-state index is 11.6. The van der Waals surface area contributed by atoms with E-state index in [2.05, 4.69) is 4.52 Å². The fourth-order valence-corrected chi connectivity index (χ4v) is 2.24. The minimum absolute atomic E-state index is 0. The van der Waals surface area contributed by atoms with E-state index in [1.807, 2.05) is 4.98 Å². The number of ether oxygens (including phenoxy) is 1. The van der Waals surface area contributed by atoms with Gasteiger partial charge in [0.2, 0.25) is 0 Å². The maximum absolute atomic E-state index is 11.6. The first-order valence-corrected chi connectivity index (χ1v) is 7.25. The molecule has 0 aromatic carbocycles. The minimum Gasteiger partial charge on any atom is -1.00 e. The van der Waals surface area contributed by atoms with Crippen LogP contribution in [0.5, 0.6) is 0 Å². The van der Waals surface area contributed by atoms with Crippen molar-refractivity contribution in [2.24, 2.45) is 0 Å². The Kier molecular flexibility index (Phi) is 9.66. The topological polar surface area (TPSA) is 171 Å². The molecule has 0 amide bonds. The van der Waals surface area contributed by atoms with Crippen LogP contribution in [-0.2, 0) is 13.8 Å². The van der Waals surface area contributed by atoms with Crippen LogP contribution in [0.3, 0.4) is 0 Å². The molecule has 23 heavy (non-hydrogen) atoms. The Bertz CT molecular complexity index is 684. The van der Waals surface area contributed by atoms with Gasteiger partial charge in [-0.05, 0) is 0 Å². The van der Waals surface area contributed by atoms with Crippen molar-refractivity contribution in [3.8, 4) is 0 Å². The number of phosphoric acid groups is 1. The first-order valence-electron chi connectivity index (χ1n) is 5.72. The molecule has 0 unspecified atom stereocenters. The van der Waals surface area contributed by atoms with Crippen molar-refractivity contribution < 1.29 is 95.8 Å². The molecule has 1 aliphatic rings. The molecule has 5 N–H and O–H groups in total. The third-order valence-electron chi connectivity index (χ3n) is 2.87. The fourth-order valence-electron chi connectivity index (χ4n) is 1.89. The Labute approximate surface area is 176 Å². The van der Waals surface area contributed by atoms with Crippen molar-refractivity contribution in [1.29, 1.82) is 0 Å². The van der Waals surface area contributed by atoms with Crippen molar-refractivity contribution in [1.82, 2.24) is 9.55 Å². The number of aromatic amines is 1. The van der Waals surface area contributed by atoms with E-state index in [4.69, 9.17) is 14.5 Å². The van der Waals surface area contributed by atoms with Crippen LogP contribution in [0, 0.1) is 0 Å². The van der Waals surface area contributed by atoms with Gasteiger partial charge in [0.1, 0.15) is 18.3 Å². The molecule has 0 bridgehead atoms. The fraction of sp³-hybridized carbons (Fsp3) is 0.556. The molecule has 2 rings (SSSR count). The van der Waals surface area contributed by atoms with Gasteiger partial charge in [0, 0.05) is 12.3 Å². The van der Waals surface area contributed by atoms with Crippen LogP contribution in [0.1, 0.15) is 9.08 Å². The number of nitrogens with zero attached hydrogens (tertiary/aromatic N) is 1. The van der Waals surface area contributed by atoms with Crippen LogP contribution in [0.15, 0.2) is 21.9 Å². The van der Waals surface area contributed by atoms with Crippen molar-refractivity contribution in [3.05, 3.63) is 33.1 Å². The molecule has 1 fully saturated rings. The van der Waals surface area contributed by atoms with Crippen molar-refractivity contribution >= 4 is 7.82 Å². The van der Waals surface area contributed by atoms with Crippen molar-refractivity contribution in [2.75, 3.05) is 6.61 Å². The van der Waals surface area contributed by atoms with E-state index in [1.165, 1.54) is 0 Å². The van der Waals surface area contributed by atoms with Crippen LogP contribution in [-0.4, -0.2) is 54.5 Å². The molecular formula is C9H15N2Na2O9P. The van der Waals surface area contributed by atoms with Crippen LogP contribution in [0.2, 0.25) is 0 Å². The number of phosphoric ester groups is 1. The van der Waals surface area contributed by atoms with E-state index >= 15 is 0 Å². The molecule has 2 heterocycles. The molecule has 1 saturated heterocycles. The number of hydrogen-bond donors (Lipinski definition) is 5. The van der Waals surface area contributed by atoms with Gasteiger partial charge in [0.15, 0.2) is 6.23 Å². The number of H-pyrrole nitrogens is 1. The van der Waals surface area contributed by atoms with Crippen LogP contribution in [0.25, 0.3) is 0 Å². The van der Waals surface area contributed by atoms with Crippen LogP contribution in [0.4, 0.5) is 0 Å². The summed E-state index contributed by atoms with van der Waals surface area (Å²) in [7, 11) is -4.76. The summed E-state index contributed by atoms with van der Waals surface area (Å²) < 4.78 is 20.8. The van der Waals surface area contributed by atoms with Gasteiger partial charge >= 0.3 is 72.6 Å². The van der Waals surface area contributed by atoms with Gasteiger partial charge in [-0.15, -0.1) is 0 Å². The second kappa shape index (κ2) is 9.39. The number of rotatable bonds is 4. The van der Waals surface area contributed by atoms with E-state index in [9.17, 15) is 24.4 Å². The van der Waals surface area contributed by atoms with Gasteiger partial charge in [0.25, 0.3) is 5.56 Å². The Morgan fingerprint density at radius 1 is 1.30 bits per heavy atom. The first kappa shape index (κ1) is 23.7. The Morgan fingerprint density at radius 3 is 2.43 bits per heavy atom. The standard InChI is InChI=1S/C9H13N2O9P.2Na.2H/c12-5-1-2-11(9(15)10-5)8-7(14)6(13)4(20-8)3-19-21(16,17)18;;;;/h1-2,4,6-8,13-14H,3H2,(H,10,12,15)(H2,16,17,18);;;;/q;2*+1;2*-1/t4-,6-,7-,8-;;;;/m1..../s1. The zero-order chi connectivity index (χ0) is 15.8. The minimum atomic E-state index is -4.76. The number of aliphatic hydroxyl groups excluding tert-OH is 2. The second-order valence-corrected chi connectivity index (χ2v) is 5.59. The molecule has 4 atom stereocenters. The summed E-state index contributed by atoms with van der Waals surface area (Å²) in [4.78, 5) is 41.6. The van der Waals surface area contributed by atoms with Crippen LogP contribution < -0.4 is 70.4 Å². The van der Waals surface area contributed by atoms with Gasteiger partial charge in [-0.1, -0.05) is 0 Å². The molecule has 1 aromatic rings. The maximum Gasteiger partial charge on any atom is 1.00 e. The molecule has 0 radical (unpaired) electrons. The Hall–Kier alpha value is 0.670. The average Bonchev–Trinajstić information content (AvgIpc) is 2.64. The van der Waals surface area contributed by atoms with Gasteiger partial charge in [-0.25, -0.2) is 9.36 Å². The second-order valence-electron chi connectivity index (χ2n) is 4.35. The summed E-state index contributed by atoms with van der Waals surface area (Å²) in [6.07, 6.45) is -4.58. The summed E-state index contributed by atoms with van der Waals surface area (Å²) in [6.45, 7) is -0.683. The van der Waals surface area contributed by atoms with Gasteiger partial charge in [-0.2, -0.15) is 0 Å². The third-order valence-corrected chi connectivity index (χ3v) is 3.35. The Balaban J connectivity index is -0.00000121. The molecule has 14 heteroatoms. The summed E-state index contributed by atoms with van der Waals surface area (Å²) in [5.41, 5.74) is -1.51. The summed E-state index contributed by atoms with van der Waals surface area (Å²) in [5, 5.41) is 19.6. The quantitative estimate of drug-likeness (QED) is 0.254. The van der Waals surface area contributed by atoms with Gasteiger partial charge in [0.05, 0.1) is 6.61 Å². The molecule has 0 saturated carbocycles. The smallest absolute Gasteiger partial charge is 1.00 e. The largest absolute Gasteiger partial charge is 1.00 e. The van der Waals surface area contributed by atoms with Gasteiger partial charge < -0.3 is 27.6 Å². The summed E-state index contributed by atoms with van der Waals surface area (Å²) in [5.74, 6) is 0. The zero-order valence-electron chi connectivity index (χ0n) is 14.4. The van der Waals surface area contributed by atoms with Gasteiger partial charge in [-0.3, -0.25) is 18.9 Å². The summed E-state index contributed by atoms with van der Waals surface area (Å²) in [6, 6.07) is 1.02. The predicted octanol–water partition coefficient (Wildman–Crippen LogP) is -8.50. The Morgan fingerprint density at radius 2 is 1.91 bits per heavy atom. The number of hydrogen-bond acceptors (Lipinski definition) is 7. The molecule has 0 spiro atoms. The van der Waals surface area contributed by atoms with Crippen molar-refractivity contribution in [3.63, 3.8) is 0 Å². The third kappa shape index (κ3) is 6.15. The monoisotopic (exact) mass is 372 g/mol. The van der Waals surface area contributed by atoms with E-state index in [-0.39, 0.29) is 62.0 Å². The van der Waals surface area contributed by atoms with E-state index in [1.54, 1.807) is 0 Å². The molecule has 0 aliphatic carbocycles. The molecule has 11 nitrogen and oxygen atoms in total. The number of aromatic nitrogens is 2. The number of nitrogens with one attached hydrogen (secondary N) is 1. The molecule has 1 aromatic heterocycles. The normalized spacial score (nSPS) is 27.1. The predicted molar refractivity (Wildman–Crippen MR) is 67.5 cm³/mol. The number of aliphatic hydroxyl groups is 2. The van der Waals surface area contributed by atoms with E-state index in [0.29, 0.717) is 0 Å². The average molecular weight is 372 g/mol. The molecular weight excluding hydrogens is 357 g/mol. The molecule has 122 valence electrons. The zero-order valence-corrected chi connectivity index (χ0v) is 17.3. The van der Waals surface area contributed by atoms with Crippen LogP contribution >= 0.6 is 7.82 Å². The van der Waals surface area contributed by atoms with E-state index in [0.717, 1.165) is 16.8 Å². The summed E-state index contributed by atoms with van der Waals surface area (Å²) >= 11 is 0. The van der Waals surface area contributed by atoms with Crippen molar-refractivity contribution in [2.45, 2.75) is 24.5 Å². The SMILES string of the molecule is O=c1ccn([C@@H]2O[C@H](COP(=O)(O)O)[C@@H](O)[C@H]2O)c(=O)[nH]1.[H-].[H-].[Na+].[Na+]. The molecule has 1 aliphatic heterocycles. The first-order chi connectivity index (χ1) is 9.69.